The number of piperazine rings is 1. The summed E-state index contributed by atoms with van der Waals surface area (Å²) >= 11 is 0. The van der Waals surface area contributed by atoms with Gasteiger partial charge in [0.2, 0.25) is 0 Å². The summed E-state index contributed by atoms with van der Waals surface area (Å²) in [6.07, 6.45) is 0. The molecule has 7 heteroatoms. The first-order chi connectivity index (χ1) is 14.9. The van der Waals surface area contributed by atoms with Crippen molar-refractivity contribution >= 4 is 29.1 Å². The number of rotatable bonds is 6. The predicted octanol–water partition coefficient (Wildman–Crippen LogP) is 3.73. The average molecular weight is 423 g/mol. The van der Waals surface area contributed by atoms with Crippen LogP contribution >= 0.6 is 0 Å². The molecule has 2 aromatic rings. The number of anilines is 2. The Balaban J connectivity index is 1.53. The summed E-state index contributed by atoms with van der Waals surface area (Å²) in [5, 5.41) is 2.92. The van der Waals surface area contributed by atoms with Crippen molar-refractivity contribution in [2.45, 2.75) is 20.8 Å². The highest BCUT2D eigenvalue weighted by Crippen LogP contribution is 2.19. The molecule has 1 saturated heterocycles. The van der Waals surface area contributed by atoms with Crippen LogP contribution in [0.25, 0.3) is 0 Å². The molecule has 1 aliphatic heterocycles. The van der Waals surface area contributed by atoms with Gasteiger partial charge in [-0.15, -0.1) is 0 Å². The Bertz CT molecular complexity index is 913. The summed E-state index contributed by atoms with van der Waals surface area (Å²) in [6.45, 7) is 9.48. The number of carbonyl (C=O) groups is 3. The zero-order valence-corrected chi connectivity index (χ0v) is 18.4. The maximum Gasteiger partial charge on any atom is 0.321 e. The third-order valence-electron chi connectivity index (χ3n) is 5.64. The zero-order chi connectivity index (χ0) is 22.4. The molecule has 7 nitrogen and oxygen atoms in total. The minimum atomic E-state index is -0.144. The lowest BCUT2D eigenvalue weighted by Crippen LogP contribution is -2.50. The number of hydrogen-bond donors (Lipinski definition) is 1. The van der Waals surface area contributed by atoms with Crippen molar-refractivity contribution in [3.05, 3.63) is 59.7 Å². The number of benzene rings is 2. The highest BCUT2D eigenvalue weighted by Gasteiger charge is 2.21. The highest BCUT2D eigenvalue weighted by molar-refractivity contribution is 5.96. The van der Waals surface area contributed by atoms with E-state index in [2.05, 4.69) is 10.2 Å². The molecule has 0 atom stereocenters. The van der Waals surface area contributed by atoms with Crippen LogP contribution in [-0.2, 0) is 0 Å². The minimum Gasteiger partial charge on any atom is -0.368 e. The molecule has 3 rings (SSSR count). The molecule has 3 amide bonds. The lowest BCUT2D eigenvalue weighted by molar-refractivity contribution is 0.0772. The van der Waals surface area contributed by atoms with E-state index < -0.39 is 0 Å². The first-order valence-electron chi connectivity index (χ1n) is 10.7. The summed E-state index contributed by atoms with van der Waals surface area (Å²) in [4.78, 5) is 42.2. The molecule has 0 bridgehead atoms. The molecule has 1 N–H and O–H groups in total. The molecule has 2 aromatic carbocycles. The second kappa shape index (κ2) is 10.1. The van der Waals surface area contributed by atoms with Crippen LogP contribution in [0.1, 0.15) is 41.5 Å². The van der Waals surface area contributed by atoms with Crippen molar-refractivity contribution in [3.63, 3.8) is 0 Å². The van der Waals surface area contributed by atoms with Crippen LogP contribution in [0, 0.1) is 0 Å². The molecule has 1 fully saturated rings. The number of nitrogens with one attached hydrogen (secondary N) is 1. The molecule has 31 heavy (non-hydrogen) atoms. The fraction of sp³-hybridized carbons (Fsp3) is 0.375. The molecule has 0 spiro atoms. The highest BCUT2D eigenvalue weighted by atomic mass is 16.2. The third kappa shape index (κ3) is 5.42. The van der Waals surface area contributed by atoms with Crippen molar-refractivity contribution in [1.82, 2.24) is 9.80 Å². The Hall–Kier alpha value is -3.35. The van der Waals surface area contributed by atoms with E-state index >= 15 is 0 Å². The monoisotopic (exact) mass is 422 g/mol. The second-order valence-electron chi connectivity index (χ2n) is 7.56. The number of hydrogen-bond acceptors (Lipinski definition) is 4. The summed E-state index contributed by atoms with van der Waals surface area (Å²) in [7, 11) is 0. The van der Waals surface area contributed by atoms with Gasteiger partial charge in [0.25, 0.3) is 5.91 Å². The average Bonchev–Trinajstić information content (AvgIpc) is 2.80. The molecular weight excluding hydrogens is 392 g/mol. The van der Waals surface area contributed by atoms with Crippen molar-refractivity contribution in [2.75, 3.05) is 49.5 Å². The van der Waals surface area contributed by atoms with Crippen LogP contribution in [0.3, 0.4) is 0 Å². The first-order valence-corrected chi connectivity index (χ1v) is 10.7. The zero-order valence-electron chi connectivity index (χ0n) is 18.4. The lowest BCUT2D eigenvalue weighted by Gasteiger charge is -2.36. The molecular formula is C24H30N4O3. The third-order valence-corrected chi connectivity index (χ3v) is 5.64. The Morgan fingerprint density at radius 3 is 1.90 bits per heavy atom. The van der Waals surface area contributed by atoms with Gasteiger partial charge in [-0.05, 0) is 69.3 Å². The van der Waals surface area contributed by atoms with Crippen molar-refractivity contribution < 1.29 is 14.4 Å². The number of carbonyl (C=O) groups excluding carboxylic acids is 3. The van der Waals surface area contributed by atoms with Gasteiger partial charge in [-0.3, -0.25) is 9.59 Å². The van der Waals surface area contributed by atoms with Gasteiger partial charge in [-0.2, -0.15) is 0 Å². The topological polar surface area (TPSA) is 73.0 Å². The van der Waals surface area contributed by atoms with E-state index in [0.717, 1.165) is 18.8 Å². The van der Waals surface area contributed by atoms with Gasteiger partial charge < -0.3 is 20.0 Å². The van der Waals surface area contributed by atoms with E-state index in [0.29, 0.717) is 43.0 Å². The molecule has 1 aliphatic rings. The fourth-order valence-corrected chi connectivity index (χ4v) is 3.67. The SMILES string of the molecule is CCN(CC)C(=O)c1ccc(NC(=O)N2CCN(c3ccc(C(C)=O)cc3)CC2)cc1. The van der Waals surface area contributed by atoms with Crippen LogP contribution in [0.15, 0.2) is 48.5 Å². The van der Waals surface area contributed by atoms with E-state index in [1.54, 1.807) is 41.0 Å². The van der Waals surface area contributed by atoms with E-state index in [4.69, 9.17) is 0 Å². The van der Waals surface area contributed by atoms with Crippen molar-refractivity contribution in [3.8, 4) is 0 Å². The normalized spacial score (nSPS) is 13.6. The first kappa shape index (κ1) is 22.3. The van der Waals surface area contributed by atoms with Crippen molar-refractivity contribution in [2.24, 2.45) is 0 Å². The summed E-state index contributed by atoms with van der Waals surface area (Å²) < 4.78 is 0. The van der Waals surface area contributed by atoms with E-state index in [1.807, 2.05) is 38.1 Å². The van der Waals surface area contributed by atoms with Gasteiger partial charge in [0.1, 0.15) is 0 Å². The number of amides is 3. The maximum atomic E-state index is 12.6. The van der Waals surface area contributed by atoms with Crippen LogP contribution in [-0.4, -0.2) is 66.8 Å². The molecule has 0 radical (unpaired) electrons. The van der Waals surface area contributed by atoms with Gasteiger partial charge >= 0.3 is 6.03 Å². The van der Waals surface area contributed by atoms with Gasteiger partial charge in [0, 0.05) is 61.8 Å². The van der Waals surface area contributed by atoms with Gasteiger partial charge in [0.15, 0.2) is 5.78 Å². The van der Waals surface area contributed by atoms with Gasteiger partial charge in [-0.1, -0.05) is 0 Å². The van der Waals surface area contributed by atoms with Gasteiger partial charge in [0.05, 0.1) is 0 Å². The van der Waals surface area contributed by atoms with E-state index in [-0.39, 0.29) is 17.7 Å². The molecule has 1 heterocycles. The molecule has 0 saturated carbocycles. The lowest BCUT2D eigenvalue weighted by atomic mass is 10.1. The standard InChI is InChI=1S/C24H30N4O3/c1-4-26(5-2)23(30)20-6-10-21(11-7-20)25-24(31)28-16-14-27(15-17-28)22-12-8-19(9-13-22)18(3)29/h6-13H,4-5,14-17H2,1-3H3,(H,25,31). The maximum absolute atomic E-state index is 12.6. The fourth-order valence-electron chi connectivity index (χ4n) is 3.67. The molecule has 164 valence electrons. The second-order valence-corrected chi connectivity index (χ2v) is 7.56. The molecule has 0 unspecified atom stereocenters. The van der Waals surface area contributed by atoms with Crippen LogP contribution < -0.4 is 10.2 Å². The Morgan fingerprint density at radius 1 is 0.839 bits per heavy atom. The van der Waals surface area contributed by atoms with E-state index in [9.17, 15) is 14.4 Å². The Labute approximate surface area is 183 Å². The number of urea groups is 1. The Morgan fingerprint density at radius 2 is 1.39 bits per heavy atom. The van der Waals surface area contributed by atoms with Crippen LogP contribution in [0.2, 0.25) is 0 Å². The largest absolute Gasteiger partial charge is 0.368 e. The minimum absolute atomic E-state index is 0.00432. The number of Topliss-reactive ketones (excluding diaryl/α,β-unsaturated/α-hetero) is 1. The summed E-state index contributed by atoms with van der Waals surface area (Å²) in [6, 6.07) is 14.5. The Kier molecular flexibility index (Phi) is 7.28. The van der Waals surface area contributed by atoms with Crippen molar-refractivity contribution in [1.29, 1.82) is 0 Å². The predicted molar refractivity (Wildman–Crippen MR) is 123 cm³/mol. The quantitative estimate of drug-likeness (QED) is 0.720. The summed E-state index contributed by atoms with van der Waals surface area (Å²) in [5.41, 5.74) is 3.04. The number of nitrogens with zero attached hydrogens (tertiary/aromatic N) is 3. The van der Waals surface area contributed by atoms with Crippen LogP contribution in [0.4, 0.5) is 16.2 Å². The van der Waals surface area contributed by atoms with Crippen LogP contribution in [0.5, 0.6) is 0 Å². The number of ketones is 1. The van der Waals surface area contributed by atoms with E-state index in [1.165, 1.54) is 0 Å². The molecule has 0 aliphatic carbocycles. The molecule has 0 aromatic heterocycles. The van der Waals surface area contributed by atoms with Gasteiger partial charge in [-0.25, -0.2) is 4.79 Å². The summed E-state index contributed by atoms with van der Waals surface area (Å²) in [5.74, 6) is 0.0498. The smallest absolute Gasteiger partial charge is 0.321 e.